The fourth-order valence-corrected chi connectivity index (χ4v) is 4.80. The van der Waals surface area contributed by atoms with E-state index in [-0.39, 0.29) is 36.2 Å². The van der Waals surface area contributed by atoms with Crippen LogP contribution in [-0.2, 0) is 19.6 Å². The van der Waals surface area contributed by atoms with E-state index in [2.05, 4.69) is 4.72 Å². The molecule has 0 radical (unpaired) electrons. The monoisotopic (exact) mass is 393 g/mol. The number of carbonyl (C=O) groups excluding carboxylic acids is 2. The molecular formula is C19H27N3O4S. The Kier molecular flexibility index (Phi) is 5.86. The zero-order valence-corrected chi connectivity index (χ0v) is 16.6. The number of nitrogens with one attached hydrogen (secondary N) is 1. The highest BCUT2D eigenvalue weighted by molar-refractivity contribution is 7.88. The van der Waals surface area contributed by atoms with E-state index in [1.165, 1.54) is 0 Å². The number of nitrogens with zero attached hydrogens (tertiary/aromatic N) is 2. The summed E-state index contributed by atoms with van der Waals surface area (Å²) >= 11 is 0. The number of hydrogen-bond acceptors (Lipinski definition) is 4. The maximum Gasteiger partial charge on any atom is 0.227 e. The van der Waals surface area contributed by atoms with Crippen LogP contribution >= 0.6 is 0 Å². The van der Waals surface area contributed by atoms with Crippen molar-refractivity contribution in [3.63, 3.8) is 0 Å². The van der Waals surface area contributed by atoms with Gasteiger partial charge in [0.25, 0.3) is 0 Å². The second kappa shape index (κ2) is 7.98. The lowest BCUT2D eigenvalue weighted by molar-refractivity contribution is -0.136. The number of rotatable bonds is 5. The molecule has 1 N–H and O–H groups in total. The number of likely N-dealkylation sites (tertiary alicyclic amines) is 2. The van der Waals surface area contributed by atoms with Gasteiger partial charge in [0, 0.05) is 32.1 Å². The standard InChI is InChI=1S/C19H27N3O4S/c1-14(15-6-4-3-5-7-15)22-13-16(12-18(22)23)19(24)21-10-8-17(9-11-21)20-27(2,25)26/h3-7,14,16-17,20H,8-13H2,1-2H3. The van der Waals surface area contributed by atoms with Gasteiger partial charge in [-0.15, -0.1) is 0 Å². The Morgan fingerprint density at radius 3 is 2.41 bits per heavy atom. The topological polar surface area (TPSA) is 86.8 Å². The van der Waals surface area contributed by atoms with Crippen LogP contribution in [0.4, 0.5) is 0 Å². The number of piperidine rings is 1. The van der Waals surface area contributed by atoms with Crippen LogP contribution in [0.5, 0.6) is 0 Å². The van der Waals surface area contributed by atoms with Crippen molar-refractivity contribution in [1.29, 1.82) is 0 Å². The zero-order chi connectivity index (χ0) is 19.6. The number of sulfonamides is 1. The molecule has 3 rings (SSSR count). The molecular weight excluding hydrogens is 366 g/mol. The van der Waals surface area contributed by atoms with E-state index in [1.807, 2.05) is 37.3 Å². The lowest BCUT2D eigenvalue weighted by Gasteiger charge is -2.33. The van der Waals surface area contributed by atoms with Gasteiger partial charge in [-0.3, -0.25) is 9.59 Å². The van der Waals surface area contributed by atoms with E-state index < -0.39 is 10.0 Å². The third-order valence-electron chi connectivity index (χ3n) is 5.44. The minimum Gasteiger partial charge on any atom is -0.342 e. The van der Waals surface area contributed by atoms with E-state index in [0.29, 0.717) is 32.5 Å². The van der Waals surface area contributed by atoms with Crippen molar-refractivity contribution in [1.82, 2.24) is 14.5 Å². The quantitative estimate of drug-likeness (QED) is 0.813. The number of hydrogen-bond donors (Lipinski definition) is 1. The van der Waals surface area contributed by atoms with E-state index in [4.69, 9.17) is 0 Å². The smallest absolute Gasteiger partial charge is 0.227 e. The molecule has 0 saturated carbocycles. The Labute approximate surface area is 160 Å². The van der Waals surface area contributed by atoms with Gasteiger partial charge in [0.1, 0.15) is 0 Å². The first-order valence-electron chi connectivity index (χ1n) is 9.35. The van der Waals surface area contributed by atoms with Crippen LogP contribution in [0.2, 0.25) is 0 Å². The summed E-state index contributed by atoms with van der Waals surface area (Å²) in [5.41, 5.74) is 1.06. The predicted octanol–water partition coefficient (Wildman–Crippen LogP) is 1.14. The third kappa shape index (κ3) is 4.87. The summed E-state index contributed by atoms with van der Waals surface area (Å²) in [6.45, 7) is 3.47. The Balaban J connectivity index is 1.57. The average Bonchev–Trinajstić information content (AvgIpc) is 3.02. The van der Waals surface area contributed by atoms with E-state index in [0.717, 1.165) is 11.8 Å². The van der Waals surface area contributed by atoms with Gasteiger partial charge in [0.2, 0.25) is 21.8 Å². The molecule has 0 bridgehead atoms. The molecule has 7 nitrogen and oxygen atoms in total. The van der Waals surface area contributed by atoms with Crippen LogP contribution in [0, 0.1) is 5.92 Å². The largest absolute Gasteiger partial charge is 0.342 e. The summed E-state index contributed by atoms with van der Waals surface area (Å²) in [6, 6.07) is 9.65. The van der Waals surface area contributed by atoms with Gasteiger partial charge in [-0.1, -0.05) is 30.3 Å². The van der Waals surface area contributed by atoms with Crippen molar-refractivity contribution < 1.29 is 18.0 Å². The predicted molar refractivity (Wildman–Crippen MR) is 102 cm³/mol. The van der Waals surface area contributed by atoms with Crippen molar-refractivity contribution >= 4 is 21.8 Å². The van der Waals surface area contributed by atoms with E-state index >= 15 is 0 Å². The molecule has 0 aliphatic carbocycles. The molecule has 1 aromatic carbocycles. The molecule has 8 heteroatoms. The third-order valence-corrected chi connectivity index (χ3v) is 6.21. The van der Waals surface area contributed by atoms with Gasteiger partial charge in [-0.25, -0.2) is 13.1 Å². The van der Waals surface area contributed by atoms with Crippen molar-refractivity contribution in [2.45, 2.75) is 38.3 Å². The first-order chi connectivity index (χ1) is 12.7. The minimum absolute atomic E-state index is 0.00363. The van der Waals surface area contributed by atoms with E-state index in [1.54, 1.807) is 9.80 Å². The van der Waals surface area contributed by atoms with E-state index in [9.17, 15) is 18.0 Å². The number of benzene rings is 1. The highest BCUT2D eigenvalue weighted by Crippen LogP contribution is 2.30. The first-order valence-corrected chi connectivity index (χ1v) is 11.2. The Bertz CT molecular complexity index is 788. The molecule has 2 aliphatic rings. The second-order valence-corrected chi connectivity index (χ2v) is 9.30. The lowest BCUT2D eigenvalue weighted by Crippen LogP contribution is -2.48. The van der Waals surface area contributed by atoms with Crippen LogP contribution in [-0.4, -0.2) is 62.0 Å². The van der Waals surface area contributed by atoms with Crippen molar-refractivity contribution in [2.24, 2.45) is 5.92 Å². The van der Waals surface area contributed by atoms with Gasteiger partial charge in [-0.05, 0) is 25.3 Å². The van der Waals surface area contributed by atoms with Crippen LogP contribution < -0.4 is 4.72 Å². The van der Waals surface area contributed by atoms with Gasteiger partial charge in [-0.2, -0.15) is 0 Å². The molecule has 2 heterocycles. The summed E-state index contributed by atoms with van der Waals surface area (Å²) < 4.78 is 25.3. The van der Waals surface area contributed by atoms with Crippen molar-refractivity contribution in [2.75, 3.05) is 25.9 Å². The normalized spacial score (nSPS) is 22.9. The van der Waals surface area contributed by atoms with Gasteiger partial charge < -0.3 is 9.80 Å². The summed E-state index contributed by atoms with van der Waals surface area (Å²) in [6.07, 6.45) is 2.60. The number of carbonyl (C=O) groups is 2. The molecule has 2 saturated heterocycles. The second-order valence-electron chi connectivity index (χ2n) is 7.52. The highest BCUT2D eigenvalue weighted by Gasteiger charge is 2.39. The summed E-state index contributed by atoms with van der Waals surface area (Å²) in [5, 5.41) is 0. The Morgan fingerprint density at radius 2 is 1.81 bits per heavy atom. The van der Waals surface area contributed by atoms with Crippen molar-refractivity contribution in [3.8, 4) is 0 Å². The Hall–Kier alpha value is -1.93. The van der Waals surface area contributed by atoms with Gasteiger partial charge in [0.05, 0.1) is 18.2 Å². The molecule has 2 atom stereocenters. The molecule has 0 aromatic heterocycles. The highest BCUT2D eigenvalue weighted by atomic mass is 32.2. The van der Waals surface area contributed by atoms with Crippen molar-refractivity contribution in [3.05, 3.63) is 35.9 Å². The fourth-order valence-electron chi connectivity index (χ4n) is 3.96. The van der Waals surface area contributed by atoms with Crippen LogP contribution in [0.1, 0.15) is 37.8 Å². The average molecular weight is 394 g/mol. The maximum absolute atomic E-state index is 12.9. The van der Waals surface area contributed by atoms with Crippen LogP contribution in [0.25, 0.3) is 0 Å². The van der Waals surface area contributed by atoms with Gasteiger partial charge >= 0.3 is 0 Å². The molecule has 1 aromatic rings. The molecule has 2 amide bonds. The van der Waals surface area contributed by atoms with Gasteiger partial charge in [0.15, 0.2) is 0 Å². The molecule has 2 aliphatic heterocycles. The van der Waals surface area contributed by atoms with Crippen LogP contribution in [0.3, 0.4) is 0 Å². The molecule has 2 fully saturated rings. The summed E-state index contributed by atoms with van der Waals surface area (Å²) in [7, 11) is -3.23. The molecule has 27 heavy (non-hydrogen) atoms. The SMILES string of the molecule is CC(c1ccccc1)N1CC(C(=O)N2CCC(NS(C)(=O)=O)CC2)CC1=O. The summed E-state index contributed by atoms with van der Waals surface area (Å²) in [4.78, 5) is 28.9. The molecule has 148 valence electrons. The van der Waals surface area contributed by atoms with Crippen LogP contribution in [0.15, 0.2) is 30.3 Å². The fraction of sp³-hybridized carbons (Fsp3) is 0.579. The Morgan fingerprint density at radius 1 is 1.19 bits per heavy atom. The first kappa shape index (κ1) is 19.8. The minimum atomic E-state index is -3.23. The number of amides is 2. The lowest BCUT2D eigenvalue weighted by atomic mass is 10.0. The molecule has 0 spiro atoms. The maximum atomic E-state index is 12.9. The zero-order valence-electron chi connectivity index (χ0n) is 15.8. The molecule has 2 unspecified atom stereocenters. The summed E-state index contributed by atoms with van der Waals surface area (Å²) in [5.74, 6) is -0.301.